The molecule has 2 aliphatic rings. The van der Waals surface area contributed by atoms with Crippen molar-refractivity contribution >= 4 is 34.9 Å². The minimum absolute atomic E-state index is 0.170. The Hall–Kier alpha value is -1.93. The van der Waals surface area contributed by atoms with Gasteiger partial charge in [0.05, 0.1) is 12.0 Å². The van der Waals surface area contributed by atoms with Gasteiger partial charge in [0.25, 0.3) is 0 Å². The summed E-state index contributed by atoms with van der Waals surface area (Å²) in [5.74, 6) is -2.10. The molecule has 160 valence electrons. The minimum atomic E-state index is -1.13. The molecule has 6 nitrogen and oxygen atoms in total. The summed E-state index contributed by atoms with van der Waals surface area (Å²) in [5.41, 5.74) is -0.450. The number of nitrogens with one attached hydrogen (secondary N) is 2. The first-order chi connectivity index (χ1) is 14.1. The van der Waals surface area contributed by atoms with Crippen LogP contribution >= 0.6 is 23.2 Å². The summed E-state index contributed by atoms with van der Waals surface area (Å²) >= 11 is 12.1. The number of benzene rings is 1. The molecular weight excluding hydrogens is 432 g/mol. The number of anilines is 1. The maximum atomic E-state index is 15.2. The summed E-state index contributed by atoms with van der Waals surface area (Å²) in [7, 11) is 0. The summed E-state index contributed by atoms with van der Waals surface area (Å²) in [6.45, 7) is 5.61. The number of aromatic nitrogens is 1. The van der Waals surface area contributed by atoms with E-state index in [0.717, 1.165) is 5.56 Å². The predicted molar refractivity (Wildman–Crippen MR) is 112 cm³/mol. The standard InChI is InChI=1S/C21H22Cl2FN3O3/c1-4-30-18(28)16-14(11-7-8-25-17(23)15(11)24)21(20(2,3)27-16)12-6-5-10(22)9-13(12)26-19(21)29/h5-9,14,16,19,26-27,29H,4H2,1-3H3/t14-,16+,19?,21+/m0/s1. The largest absolute Gasteiger partial charge is 0.465 e. The summed E-state index contributed by atoms with van der Waals surface area (Å²) in [6.07, 6.45) is 0.253. The highest BCUT2D eigenvalue weighted by atomic mass is 35.5. The van der Waals surface area contributed by atoms with Crippen LogP contribution in [0.2, 0.25) is 10.2 Å². The average Bonchev–Trinajstić information content (AvgIpc) is 3.10. The number of aliphatic hydroxyl groups is 1. The second-order valence-corrected chi connectivity index (χ2v) is 8.88. The van der Waals surface area contributed by atoms with Crippen molar-refractivity contribution in [3.05, 3.63) is 57.6 Å². The van der Waals surface area contributed by atoms with E-state index in [4.69, 9.17) is 27.9 Å². The highest BCUT2D eigenvalue weighted by Gasteiger charge is 2.69. The number of esters is 1. The van der Waals surface area contributed by atoms with Crippen LogP contribution in [0.4, 0.5) is 10.1 Å². The molecule has 1 spiro atoms. The van der Waals surface area contributed by atoms with Crippen molar-refractivity contribution in [2.75, 3.05) is 11.9 Å². The van der Waals surface area contributed by atoms with Gasteiger partial charge in [-0.25, -0.2) is 9.37 Å². The van der Waals surface area contributed by atoms with Crippen LogP contribution in [0, 0.1) is 5.82 Å². The predicted octanol–water partition coefficient (Wildman–Crippen LogP) is 3.61. The van der Waals surface area contributed by atoms with E-state index in [1.807, 2.05) is 13.8 Å². The smallest absolute Gasteiger partial charge is 0.323 e. The molecule has 30 heavy (non-hydrogen) atoms. The molecule has 2 aliphatic heterocycles. The van der Waals surface area contributed by atoms with Crippen molar-refractivity contribution in [2.24, 2.45) is 0 Å². The highest BCUT2D eigenvalue weighted by molar-refractivity contribution is 6.31. The Morgan fingerprint density at radius 1 is 1.33 bits per heavy atom. The molecule has 4 atom stereocenters. The lowest BCUT2D eigenvalue weighted by Gasteiger charge is -2.44. The van der Waals surface area contributed by atoms with E-state index < -0.39 is 40.9 Å². The molecule has 3 heterocycles. The SMILES string of the molecule is CCOC(=O)[C@@H]1NC(C)(C)[C@]2(c3ccc(Cl)cc3NC2O)[C@H]1c1ccnc(Cl)c1F. The van der Waals surface area contributed by atoms with E-state index in [0.29, 0.717) is 10.7 Å². The van der Waals surface area contributed by atoms with Gasteiger partial charge in [-0.05, 0) is 50.1 Å². The van der Waals surface area contributed by atoms with E-state index in [1.165, 1.54) is 12.3 Å². The van der Waals surface area contributed by atoms with Gasteiger partial charge in [-0.3, -0.25) is 10.1 Å². The first-order valence-electron chi connectivity index (χ1n) is 9.64. The minimum Gasteiger partial charge on any atom is -0.465 e. The summed E-state index contributed by atoms with van der Waals surface area (Å²) < 4.78 is 20.5. The molecule has 1 aromatic heterocycles. The van der Waals surface area contributed by atoms with Gasteiger partial charge in [0.1, 0.15) is 12.3 Å². The van der Waals surface area contributed by atoms with Crippen LogP contribution in [0.15, 0.2) is 30.5 Å². The van der Waals surface area contributed by atoms with Gasteiger partial charge in [0, 0.05) is 28.4 Å². The van der Waals surface area contributed by atoms with Gasteiger partial charge >= 0.3 is 5.97 Å². The summed E-state index contributed by atoms with van der Waals surface area (Å²) in [4.78, 5) is 16.7. The number of rotatable bonds is 3. The molecule has 1 unspecified atom stereocenters. The van der Waals surface area contributed by atoms with Crippen LogP contribution in [0.1, 0.15) is 37.8 Å². The maximum Gasteiger partial charge on any atom is 0.323 e. The molecule has 0 amide bonds. The lowest BCUT2D eigenvalue weighted by molar-refractivity contribution is -0.146. The number of hydrogen-bond donors (Lipinski definition) is 3. The maximum absolute atomic E-state index is 15.2. The zero-order valence-corrected chi connectivity index (χ0v) is 18.2. The number of hydrogen-bond acceptors (Lipinski definition) is 6. The Kier molecular flexibility index (Phi) is 5.21. The number of ether oxygens (including phenoxy) is 1. The molecule has 4 rings (SSSR count). The number of halogens is 3. The van der Waals surface area contributed by atoms with Crippen LogP contribution in [-0.4, -0.2) is 40.5 Å². The van der Waals surface area contributed by atoms with E-state index in [9.17, 15) is 9.90 Å². The third-order valence-electron chi connectivity index (χ3n) is 6.28. The number of nitrogens with zero attached hydrogens (tertiary/aromatic N) is 1. The third-order valence-corrected chi connectivity index (χ3v) is 6.78. The molecule has 0 bridgehead atoms. The van der Waals surface area contributed by atoms with Crippen molar-refractivity contribution in [1.29, 1.82) is 0 Å². The van der Waals surface area contributed by atoms with E-state index in [2.05, 4.69) is 15.6 Å². The first kappa shape index (κ1) is 21.3. The van der Waals surface area contributed by atoms with Crippen LogP contribution in [0.5, 0.6) is 0 Å². The lowest BCUT2D eigenvalue weighted by atomic mass is 9.60. The van der Waals surface area contributed by atoms with Crippen LogP contribution in [-0.2, 0) is 14.9 Å². The average molecular weight is 454 g/mol. The molecule has 2 aromatic rings. The molecule has 0 radical (unpaired) electrons. The van der Waals surface area contributed by atoms with Gasteiger partial charge in [-0.2, -0.15) is 0 Å². The molecule has 1 aromatic carbocycles. The van der Waals surface area contributed by atoms with E-state index in [-0.39, 0.29) is 17.3 Å². The fourth-order valence-electron chi connectivity index (χ4n) is 5.19. The van der Waals surface area contributed by atoms with Gasteiger partial charge in [-0.1, -0.05) is 29.3 Å². The number of aliphatic hydroxyl groups excluding tert-OH is 1. The monoisotopic (exact) mass is 453 g/mol. The topological polar surface area (TPSA) is 83.5 Å². The Morgan fingerprint density at radius 2 is 2.07 bits per heavy atom. The first-order valence-corrected chi connectivity index (χ1v) is 10.4. The van der Waals surface area contributed by atoms with Gasteiger partial charge in [0.2, 0.25) is 0 Å². The molecule has 0 saturated carbocycles. The fraction of sp³-hybridized carbons (Fsp3) is 0.429. The van der Waals surface area contributed by atoms with Gasteiger partial charge in [-0.15, -0.1) is 0 Å². The third kappa shape index (κ3) is 2.83. The number of pyridine rings is 1. The Bertz CT molecular complexity index is 1020. The second-order valence-electron chi connectivity index (χ2n) is 8.09. The summed E-state index contributed by atoms with van der Waals surface area (Å²) in [5, 5.41) is 17.9. The quantitative estimate of drug-likeness (QED) is 0.486. The number of fused-ring (bicyclic) bond motifs is 2. The highest BCUT2D eigenvalue weighted by Crippen LogP contribution is 2.60. The Balaban J connectivity index is 2.02. The van der Waals surface area contributed by atoms with E-state index >= 15 is 4.39 Å². The molecule has 1 fully saturated rings. The molecule has 1 saturated heterocycles. The normalized spacial score (nSPS) is 29.0. The van der Waals surface area contributed by atoms with Crippen molar-refractivity contribution in [1.82, 2.24) is 10.3 Å². The van der Waals surface area contributed by atoms with Crippen LogP contribution < -0.4 is 10.6 Å². The van der Waals surface area contributed by atoms with Crippen molar-refractivity contribution in [2.45, 2.75) is 49.9 Å². The molecule has 3 N–H and O–H groups in total. The van der Waals surface area contributed by atoms with Crippen molar-refractivity contribution in [3.63, 3.8) is 0 Å². The zero-order valence-electron chi connectivity index (χ0n) is 16.7. The van der Waals surface area contributed by atoms with Crippen LogP contribution in [0.25, 0.3) is 0 Å². The summed E-state index contributed by atoms with van der Waals surface area (Å²) in [6, 6.07) is 5.78. The molecular formula is C21H22Cl2FN3O3. The fourth-order valence-corrected chi connectivity index (χ4v) is 5.53. The number of carbonyl (C=O) groups is 1. The zero-order chi connectivity index (χ0) is 21.8. The second kappa shape index (κ2) is 7.34. The van der Waals surface area contributed by atoms with Crippen molar-refractivity contribution < 1.29 is 19.0 Å². The molecule has 0 aliphatic carbocycles. The lowest BCUT2D eigenvalue weighted by Crippen LogP contribution is -2.57. The Morgan fingerprint density at radius 3 is 2.77 bits per heavy atom. The molecule has 9 heteroatoms. The van der Waals surface area contributed by atoms with E-state index in [1.54, 1.807) is 25.1 Å². The van der Waals surface area contributed by atoms with Crippen molar-refractivity contribution in [3.8, 4) is 0 Å². The Labute approximate surface area is 183 Å². The van der Waals surface area contributed by atoms with Gasteiger partial charge < -0.3 is 15.2 Å². The van der Waals surface area contributed by atoms with Crippen LogP contribution in [0.3, 0.4) is 0 Å². The number of carbonyl (C=O) groups excluding carboxylic acids is 1. The van der Waals surface area contributed by atoms with Gasteiger partial charge in [0.15, 0.2) is 11.0 Å².